The Morgan fingerprint density at radius 1 is 1.17 bits per heavy atom. The van der Waals surface area contributed by atoms with Crippen LogP contribution in [0.2, 0.25) is 0 Å². The summed E-state index contributed by atoms with van der Waals surface area (Å²) >= 11 is 0. The Kier molecular flexibility index (Phi) is 5.18. The molecule has 0 amide bonds. The SMILES string of the molecule is CO/C(=N\c1ccccc1C=O)c1ccc(OC(F)(F)F)cc1F. The lowest BCUT2D eigenvalue weighted by atomic mass is 10.1. The highest BCUT2D eigenvalue weighted by Crippen LogP contribution is 2.26. The first-order valence-corrected chi connectivity index (χ1v) is 6.56. The molecule has 0 atom stereocenters. The molecule has 0 heterocycles. The molecule has 2 aromatic rings. The van der Waals surface area contributed by atoms with Gasteiger partial charge in [-0.3, -0.25) is 4.79 Å². The number of benzene rings is 2. The highest BCUT2D eigenvalue weighted by molar-refractivity contribution is 5.97. The maximum Gasteiger partial charge on any atom is 0.573 e. The van der Waals surface area contributed by atoms with Gasteiger partial charge in [0, 0.05) is 11.6 Å². The fraction of sp³-hybridized carbons (Fsp3) is 0.125. The maximum absolute atomic E-state index is 14.1. The molecule has 0 radical (unpaired) electrons. The van der Waals surface area contributed by atoms with Gasteiger partial charge in [-0.15, -0.1) is 13.2 Å². The van der Waals surface area contributed by atoms with Gasteiger partial charge in [-0.25, -0.2) is 9.38 Å². The van der Waals surface area contributed by atoms with E-state index in [1.807, 2.05) is 0 Å². The molecule has 0 aromatic heterocycles. The molecule has 2 aromatic carbocycles. The minimum absolute atomic E-state index is 0.173. The molecule has 0 saturated carbocycles. The van der Waals surface area contributed by atoms with Crippen LogP contribution in [0.5, 0.6) is 5.75 Å². The van der Waals surface area contributed by atoms with Gasteiger partial charge in [0.15, 0.2) is 6.29 Å². The summed E-state index contributed by atoms with van der Waals surface area (Å²) in [6, 6.07) is 8.82. The first kappa shape index (κ1) is 17.5. The largest absolute Gasteiger partial charge is 0.573 e. The topological polar surface area (TPSA) is 47.9 Å². The fourth-order valence-corrected chi connectivity index (χ4v) is 1.88. The second-order valence-electron chi connectivity index (χ2n) is 4.49. The van der Waals surface area contributed by atoms with E-state index >= 15 is 0 Å². The summed E-state index contributed by atoms with van der Waals surface area (Å²) in [4.78, 5) is 15.0. The summed E-state index contributed by atoms with van der Waals surface area (Å²) in [6.45, 7) is 0. The first-order chi connectivity index (χ1) is 11.3. The van der Waals surface area contributed by atoms with E-state index in [9.17, 15) is 22.4 Å². The number of ether oxygens (including phenoxy) is 2. The lowest BCUT2D eigenvalue weighted by molar-refractivity contribution is -0.274. The quantitative estimate of drug-likeness (QED) is 0.361. The molecular weight excluding hydrogens is 330 g/mol. The van der Waals surface area contributed by atoms with Crippen molar-refractivity contribution in [3.63, 3.8) is 0 Å². The lowest BCUT2D eigenvalue weighted by Crippen LogP contribution is -2.17. The van der Waals surface area contributed by atoms with E-state index in [1.54, 1.807) is 12.1 Å². The van der Waals surface area contributed by atoms with Crippen molar-refractivity contribution in [3.8, 4) is 5.75 Å². The Bertz CT molecular complexity index is 772. The zero-order valence-electron chi connectivity index (χ0n) is 12.3. The van der Waals surface area contributed by atoms with Crippen LogP contribution in [0.25, 0.3) is 0 Å². The van der Waals surface area contributed by atoms with E-state index in [1.165, 1.54) is 19.2 Å². The van der Waals surface area contributed by atoms with E-state index in [2.05, 4.69) is 9.73 Å². The van der Waals surface area contributed by atoms with Crippen LogP contribution >= 0.6 is 0 Å². The molecule has 0 bridgehead atoms. The number of nitrogens with zero attached hydrogens (tertiary/aromatic N) is 1. The minimum Gasteiger partial charge on any atom is -0.480 e. The summed E-state index contributed by atoms with van der Waals surface area (Å²) in [6.07, 6.45) is -4.35. The monoisotopic (exact) mass is 341 g/mol. The number of carbonyl (C=O) groups excluding carboxylic acids is 1. The van der Waals surface area contributed by atoms with Crippen LogP contribution in [0.4, 0.5) is 23.2 Å². The van der Waals surface area contributed by atoms with Crippen molar-refractivity contribution in [2.75, 3.05) is 7.11 Å². The van der Waals surface area contributed by atoms with Crippen LogP contribution in [0.15, 0.2) is 47.5 Å². The smallest absolute Gasteiger partial charge is 0.480 e. The molecule has 0 aliphatic carbocycles. The zero-order chi connectivity index (χ0) is 17.7. The van der Waals surface area contributed by atoms with Gasteiger partial charge in [0.05, 0.1) is 18.4 Å². The van der Waals surface area contributed by atoms with Gasteiger partial charge in [0.2, 0.25) is 5.90 Å². The third-order valence-electron chi connectivity index (χ3n) is 2.88. The fourth-order valence-electron chi connectivity index (χ4n) is 1.88. The minimum atomic E-state index is -4.92. The molecule has 126 valence electrons. The second kappa shape index (κ2) is 7.12. The first-order valence-electron chi connectivity index (χ1n) is 6.56. The van der Waals surface area contributed by atoms with Crippen LogP contribution < -0.4 is 4.74 Å². The molecule has 0 N–H and O–H groups in total. The van der Waals surface area contributed by atoms with Crippen molar-refractivity contribution in [1.82, 2.24) is 0 Å². The van der Waals surface area contributed by atoms with Crippen molar-refractivity contribution in [1.29, 1.82) is 0 Å². The third kappa shape index (κ3) is 4.31. The number of hydrogen-bond acceptors (Lipinski definition) is 4. The Morgan fingerprint density at radius 2 is 1.88 bits per heavy atom. The van der Waals surface area contributed by atoms with Gasteiger partial charge in [-0.05, 0) is 24.3 Å². The van der Waals surface area contributed by atoms with Crippen LogP contribution in [0.1, 0.15) is 15.9 Å². The average Bonchev–Trinajstić information content (AvgIpc) is 2.52. The van der Waals surface area contributed by atoms with Crippen LogP contribution in [-0.2, 0) is 4.74 Å². The van der Waals surface area contributed by atoms with Gasteiger partial charge in [0.25, 0.3) is 0 Å². The number of aldehydes is 1. The van der Waals surface area contributed by atoms with Crippen LogP contribution in [0, 0.1) is 5.82 Å². The van der Waals surface area contributed by atoms with Gasteiger partial charge >= 0.3 is 6.36 Å². The van der Waals surface area contributed by atoms with Gasteiger partial charge in [-0.1, -0.05) is 12.1 Å². The normalized spacial score (nSPS) is 12.0. The number of carbonyl (C=O) groups is 1. The van der Waals surface area contributed by atoms with Crippen molar-refractivity contribution in [2.24, 2.45) is 4.99 Å². The van der Waals surface area contributed by atoms with Crippen LogP contribution in [-0.4, -0.2) is 25.7 Å². The Hall–Kier alpha value is -2.90. The summed E-state index contributed by atoms with van der Waals surface area (Å²) in [5.74, 6) is -1.91. The highest BCUT2D eigenvalue weighted by Gasteiger charge is 2.31. The predicted octanol–water partition coefficient (Wildman–Crippen LogP) is 4.26. The van der Waals surface area contributed by atoms with E-state index in [-0.39, 0.29) is 22.7 Å². The number of methoxy groups -OCH3 is 1. The van der Waals surface area contributed by atoms with Gasteiger partial charge < -0.3 is 9.47 Å². The molecule has 0 unspecified atom stereocenters. The maximum atomic E-state index is 14.1. The van der Waals surface area contributed by atoms with E-state index in [0.29, 0.717) is 12.4 Å². The highest BCUT2D eigenvalue weighted by atomic mass is 19.4. The number of aliphatic imine (C=N–C) groups is 1. The molecular formula is C16H11F4NO3. The van der Waals surface area contributed by atoms with E-state index in [4.69, 9.17) is 4.74 Å². The number of hydrogen-bond donors (Lipinski definition) is 0. The average molecular weight is 341 g/mol. The molecule has 0 aliphatic heterocycles. The molecule has 0 saturated heterocycles. The molecule has 2 rings (SSSR count). The van der Waals surface area contributed by atoms with E-state index in [0.717, 1.165) is 12.1 Å². The Morgan fingerprint density at radius 3 is 2.46 bits per heavy atom. The molecule has 24 heavy (non-hydrogen) atoms. The molecule has 0 fully saturated rings. The number of alkyl halides is 3. The Balaban J connectivity index is 2.41. The van der Waals surface area contributed by atoms with Crippen LogP contribution in [0.3, 0.4) is 0 Å². The number of para-hydroxylation sites is 1. The summed E-state index contributed by atoms with van der Waals surface area (Å²) < 4.78 is 59.1. The van der Waals surface area contributed by atoms with Crippen molar-refractivity contribution >= 4 is 17.9 Å². The zero-order valence-corrected chi connectivity index (χ0v) is 12.3. The predicted molar refractivity (Wildman–Crippen MR) is 78.1 cm³/mol. The number of halogens is 4. The summed E-state index contributed by atoms with van der Waals surface area (Å²) in [5.41, 5.74) is 0.316. The molecule has 0 aliphatic rings. The standard InChI is InChI=1S/C16H11F4NO3/c1-23-15(21-14-5-3-2-4-10(14)9-22)12-7-6-11(8-13(12)17)24-16(18,19)20/h2-9H,1H3/b21-15-. The van der Waals surface area contributed by atoms with E-state index < -0.39 is 17.9 Å². The molecule has 8 heteroatoms. The molecule has 0 spiro atoms. The van der Waals surface area contributed by atoms with Gasteiger partial charge in [-0.2, -0.15) is 0 Å². The number of rotatable bonds is 4. The second-order valence-corrected chi connectivity index (χ2v) is 4.49. The Labute approximate surface area is 134 Å². The summed E-state index contributed by atoms with van der Waals surface area (Å²) in [5, 5.41) is 0. The van der Waals surface area contributed by atoms with Crippen molar-refractivity contribution in [3.05, 3.63) is 59.4 Å². The van der Waals surface area contributed by atoms with Crippen molar-refractivity contribution in [2.45, 2.75) is 6.36 Å². The van der Waals surface area contributed by atoms with Crippen molar-refractivity contribution < 1.29 is 31.8 Å². The third-order valence-corrected chi connectivity index (χ3v) is 2.88. The summed E-state index contributed by atoms with van der Waals surface area (Å²) in [7, 11) is 1.22. The lowest BCUT2D eigenvalue weighted by Gasteiger charge is -2.11. The van der Waals surface area contributed by atoms with Gasteiger partial charge in [0.1, 0.15) is 11.6 Å². The molecule has 4 nitrogen and oxygen atoms in total.